The highest BCUT2D eigenvalue weighted by atomic mass is 16.5. The Hall–Kier alpha value is -1.55. The zero-order chi connectivity index (χ0) is 12.7. The van der Waals surface area contributed by atoms with E-state index in [2.05, 4.69) is 10.6 Å². The summed E-state index contributed by atoms with van der Waals surface area (Å²) in [4.78, 5) is 11.5. The van der Waals surface area contributed by atoms with E-state index in [9.17, 15) is 4.79 Å². The first-order valence-corrected chi connectivity index (χ1v) is 5.72. The summed E-state index contributed by atoms with van der Waals surface area (Å²) in [6, 6.07) is 5.94. The lowest BCUT2D eigenvalue weighted by atomic mass is 10.1. The van der Waals surface area contributed by atoms with Crippen LogP contribution in [-0.4, -0.2) is 26.6 Å². The zero-order valence-corrected chi connectivity index (χ0v) is 10.7. The summed E-state index contributed by atoms with van der Waals surface area (Å²) < 4.78 is 5.25. The van der Waals surface area contributed by atoms with E-state index in [0.29, 0.717) is 19.5 Å². The van der Waals surface area contributed by atoms with E-state index in [1.54, 1.807) is 7.11 Å². The van der Waals surface area contributed by atoms with Crippen LogP contribution in [0, 0.1) is 6.92 Å². The van der Waals surface area contributed by atoms with Gasteiger partial charge in [-0.3, -0.25) is 4.79 Å². The van der Waals surface area contributed by atoms with Gasteiger partial charge in [-0.1, -0.05) is 17.7 Å². The molecule has 0 aliphatic heterocycles. The summed E-state index contributed by atoms with van der Waals surface area (Å²) in [6.45, 7) is 3.22. The number of amides is 1. The minimum atomic E-state index is 0.0444. The molecule has 0 spiro atoms. The first-order chi connectivity index (χ1) is 8.17. The van der Waals surface area contributed by atoms with Gasteiger partial charge < -0.3 is 15.4 Å². The van der Waals surface area contributed by atoms with Gasteiger partial charge in [0.25, 0.3) is 0 Å². The second-order valence-electron chi connectivity index (χ2n) is 3.95. The van der Waals surface area contributed by atoms with Crippen LogP contribution in [0.15, 0.2) is 18.2 Å². The number of carbonyl (C=O) groups excluding carboxylic acids is 1. The topological polar surface area (TPSA) is 50.4 Å². The van der Waals surface area contributed by atoms with Crippen LogP contribution >= 0.6 is 0 Å². The van der Waals surface area contributed by atoms with Crippen molar-refractivity contribution >= 4 is 5.91 Å². The number of hydrogen-bond acceptors (Lipinski definition) is 3. The molecule has 17 heavy (non-hydrogen) atoms. The molecule has 2 N–H and O–H groups in total. The highest BCUT2D eigenvalue weighted by Crippen LogP contribution is 2.19. The SMILES string of the molecule is CNCCC(=O)NCc1cc(C)ccc1OC. The van der Waals surface area contributed by atoms with Crippen LogP contribution in [0.2, 0.25) is 0 Å². The van der Waals surface area contributed by atoms with Crippen LogP contribution in [0.4, 0.5) is 0 Å². The average molecular weight is 236 g/mol. The minimum Gasteiger partial charge on any atom is -0.496 e. The lowest BCUT2D eigenvalue weighted by Crippen LogP contribution is -2.26. The first kappa shape index (κ1) is 13.5. The highest BCUT2D eigenvalue weighted by molar-refractivity contribution is 5.76. The van der Waals surface area contributed by atoms with Crippen molar-refractivity contribution in [3.63, 3.8) is 0 Å². The second-order valence-corrected chi connectivity index (χ2v) is 3.95. The number of benzene rings is 1. The molecule has 0 fully saturated rings. The number of aryl methyl sites for hydroxylation is 1. The molecule has 4 heteroatoms. The third-order valence-electron chi connectivity index (χ3n) is 2.51. The monoisotopic (exact) mass is 236 g/mol. The van der Waals surface area contributed by atoms with Gasteiger partial charge in [0.1, 0.15) is 5.75 Å². The molecule has 0 aliphatic carbocycles. The molecule has 0 saturated carbocycles. The van der Waals surface area contributed by atoms with Gasteiger partial charge in [-0.25, -0.2) is 0 Å². The molecule has 0 aliphatic rings. The van der Waals surface area contributed by atoms with Crippen molar-refractivity contribution in [2.75, 3.05) is 20.7 Å². The van der Waals surface area contributed by atoms with Crippen molar-refractivity contribution in [1.29, 1.82) is 0 Å². The summed E-state index contributed by atoms with van der Waals surface area (Å²) in [5, 5.41) is 5.82. The van der Waals surface area contributed by atoms with Gasteiger partial charge in [-0.15, -0.1) is 0 Å². The van der Waals surface area contributed by atoms with Crippen LogP contribution in [-0.2, 0) is 11.3 Å². The van der Waals surface area contributed by atoms with E-state index in [4.69, 9.17) is 4.74 Å². The fourth-order valence-corrected chi connectivity index (χ4v) is 1.57. The Balaban J connectivity index is 2.56. The van der Waals surface area contributed by atoms with Crippen LogP contribution in [0.3, 0.4) is 0 Å². The Bertz CT molecular complexity index is 378. The lowest BCUT2D eigenvalue weighted by molar-refractivity contribution is -0.121. The van der Waals surface area contributed by atoms with Gasteiger partial charge in [0.05, 0.1) is 7.11 Å². The molecular formula is C13H20N2O2. The molecule has 0 bridgehead atoms. The van der Waals surface area contributed by atoms with Gasteiger partial charge in [0, 0.05) is 25.1 Å². The molecule has 0 aromatic heterocycles. The normalized spacial score (nSPS) is 10.1. The van der Waals surface area contributed by atoms with Crippen molar-refractivity contribution in [2.45, 2.75) is 19.9 Å². The Morgan fingerprint density at radius 2 is 2.18 bits per heavy atom. The van der Waals surface area contributed by atoms with Crippen LogP contribution in [0.25, 0.3) is 0 Å². The second kappa shape index (κ2) is 6.91. The van der Waals surface area contributed by atoms with Crippen LogP contribution in [0.1, 0.15) is 17.5 Å². The number of nitrogens with one attached hydrogen (secondary N) is 2. The van der Waals surface area contributed by atoms with Gasteiger partial charge in [-0.2, -0.15) is 0 Å². The maximum absolute atomic E-state index is 11.5. The minimum absolute atomic E-state index is 0.0444. The third kappa shape index (κ3) is 4.44. The fraction of sp³-hybridized carbons (Fsp3) is 0.462. The summed E-state index contributed by atoms with van der Waals surface area (Å²) in [5.74, 6) is 0.854. The molecule has 1 aromatic carbocycles. The lowest BCUT2D eigenvalue weighted by Gasteiger charge is -2.10. The van der Waals surface area contributed by atoms with Gasteiger partial charge in [-0.05, 0) is 20.0 Å². The van der Waals surface area contributed by atoms with Gasteiger partial charge >= 0.3 is 0 Å². The van der Waals surface area contributed by atoms with E-state index >= 15 is 0 Å². The van der Waals surface area contributed by atoms with Crippen molar-refractivity contribution in [3.8, 4) is 5.75 Å². The fourth-order valence-electron chi connectivity index (χ4n) is 1.57. The smallest absolute Gasteiger partial charge is 0.221 e. The highest BCUT2D eigenvalue weighted by Gasteiger charge is 2.05. The van der Waals surface area contributed by atoms with E-state index in [1.807, 2.05) is 32.2 Å². The molecule has 0 heterocycles. The van der Waals surface area contributed by atoms with Crippen molar-refractivity contribution in [3.05, 3.63) is 29.3 Å². The Morgan fingerprint density at radius 3 is 2.82 bits per heavy atom. The number of methoxy groups -OCH3 is 1. The zero-order valence-electron chi connectivity index (χ0n) is 10.7. The quantitative estimate of drug-likeness (QED) is 0.781. The maximum atomic E-state index is 11.5. The Labute approximate surface area is 102 Å². The number of rotatable bonds is 6. The molecule has 1 aromatic rings. The van der Waals surface area contributed by atoms with Crippen molar-refractivity contribution < 1.29 is 9.53 Å². The number of carbonyl (C=O) groups is 1. The standard InChI is InChI=1S/C13H20N2O2/c1-10-4-5-12(17-3)11(8-10)9-15-13(16)6-7-14-2/h4-5,8,14H,6-7,9H2,1-3H3,(H,15,16). The largest absolute Gasteiger partial charge is 0.496 e. The Kier molecular flexibility index (Phi) is 5.49. The van der Waals surface area contributed by atoms with Crippen molar-refractivity contribution in [2.24, 2.45) is 0 Å². The summed E-state index contributed by atoms with van der Waals surface area (Å²) in [6.07, 6.45) is 0.491. The number of hydrogen-bond donors (Lipinski definition) is 2. The van der Waals surface area contributed by atoms with E-state index < -0.39 is 0 Å². The first-order valence-electron chi connectivity index (χ1n) is 5.72. The Morgan fingerprint density at radius 1 is 1.41 bits per heavy atom. The number of ether oxygens (including phenoxy) is 1. The molecular weight excluding hydrogens is 216 g/mol. The molecule has 94 valence electrons. The van der Waals surface area contributed by atoms with E-state index in [-0.39, 0.29) is 5.91 Å². The predicted molar refractivity (Wildman–Crippen MR) is 68.1 cm³/mol. The molecule has 0 radical (unpaired) electrons. The summed E-state index contributed by atoms with van der Waals surface area (Å²) in [5.41, 5.74) is 2.16. The van der Waals surface area contributed by atoms with Crippen LogP contribution in [0.5, 0.6) is 5.75 Å². The van der Waals surface area contributed by atoms with Crippen LogP contribution < -0.4 is 15.4 Å². The van der Waals surface area contributed by atoms with Gasteiger partial charge in [0.15, 0.2) is 0 Å². The average Bonchev–Trinajstić information content (AvgIpc) is 2.34. The molecule has 1 rings (SSSR count). The van der Waals surface area contributed by atoms with E-state index in [1.165, 1.54) is 0 Å². The van der Waals surface area contributed by atoms with Crippen molar-refractivity contribution in [1.82, 2.24) is 10.6 Å². The third-order valence-corrected chi connectivity index (χ3v) is 2.51. The van der Waals surface area contributed by atoms with E-state index in [0.717, 1.165) is 16.9 Å². The molecule has 4 nitrogen and oxygen atoms in total. The predicted octanol–water partition coefficient (Wildman–Crippen LogP) is 1.23. The van der Waals surface area contributed by atoms with Gasteiger partial charge in [0.2, 0.25) is 5.91 Å². The summed E-state index contributed by atoms with van der Waals surface area (Å²) >= 11 is 0. The molecule has 1 amide bonds. The molecule has 0 unspecified atom stereocenters. The molecule has 0 saturated heterocycles. The molecule has 0 atom stereocenters. The maximum Gasteiger partial charge on any atom is 0.221 e. The summed E-state index contributed by atoms with van der Waals surface area (Å²) in [7, 11) is 3.47.